The van der Waals surface area contributed by atoms with E-state index in [9.17, 15) is 4.79 Å². The molecule has 2 aromatic carbocycles. The van der Waals surface area contributed by atoms with Crippen molar-refractivity contribution in [1.82, 2.24) is 9.88 Å². The SMILES string of the molecule is Cc1csc(=Nc2ccccc2CC(=O)NC(C)c2ccccc2)n1C. The standard InChI is InChI=1S/C21H23N3OS/c1-15-14-26-21(24(15)3)23-19-12-8-7-11-18(19)13-20(25)22-16(2)17-9-5-4-6-10-17/h4-12,14,16H,13H2,1-3H3,(H,22,25). The van der Waals surface area contributed by atoms with Crippen molar-refractivity contribution in [3.05, 3.63) is 81.6 Å². The Morgan fingerprint density at radius 2 is 1.85 bits per heavy atom. The van der Waals surface area contributed by atoms with E-state index in [0.717, 1.165) is 21.6 Å². The van der Waals surface area contributed by atoms with Gasteiger partial charge in [0.1, 0.15) is 0 Å². The number of nitrogens with one attached hydrogen (secondary N) is 1. The topological polar surface area (TPSA) is 46.4 Å². The molecule has 0 bridgehead atoms. The largest absolute Gasteiger partial charge is 0.349 e. The van der Waals surface area contributed by atoms with E-state index in [1.54, 1.807) is 11.3 Å². The van der Waals surface area contributed by atoms with Gasteiger partial charge in [0.05, 0.1) is 18.2 Å². The molecule has 5 heteroatoms. The first-order valence-electron chi connectivity index (χ1n) is 8.62. The molecule has 134 valence electrons. The molecule has 1 unspecified atom stereocenters. The van der Waals surface area contributed by atoms with Gasteiger partial charge in [0.2, 0.25) is 5.91 Å². The lowest BCUT2D eigenvalue weighted by Crippen LogP contribution is -2.28. The summed E-state index contributed by atoms with van der Waals surface area (Å²) in [5.74, 6) is -0.00395. The van der Waals surface area contributed by atoms with Crippen LogP contribution in [0.4, 0.5) is 5.69 Å². The zero-order valence-electron chi connectivity index (χ0n) is 15.3. The molecule has 0 saturated carbocycles. The van der Waals surface area contributed by atoms with E-state index in [2.05, 4.69) is 22.2 Å². The number of carbonyl (C=O) groups excluding carboxylic acids is 1. The number of para-hydroxylation sites is 1. The Morgan fingerprint density at radius 1 is 1.15 bits per heavy atom. The first-order valence-corrected chi connectivity index (χ1v) is 9.50. The summed E-state index contributed by atoms with van der Waals surface area (Å²) >= 11 is 1.60. The number of benzene rings is 2. The van der Waals surface area contributed by atoms with Gasteiger partial charge in [0.15, 0.2) is 4.80 Å². The Hall–Kier alpha value is -2.66. The molecule has 1 aromatic heterocycles. The highest BCUT2D eigenvalue weighted by molar-refractivity contribution is 7.07. The van der Waals surface area contributed by atoms with Gasteiger partial charge in [-0.3, -0.25) is 4.79 Å². The summed E-state index contributed by atoms with van der Waals surface area (Å²) in [5, 5.41) is 5.15. The Labute approximate surface area is 157 Å². The molecule has 1 amide bonds. The van der Waals surface area contributed by atoms with E-state index < -0.39 is 0 Å². The van der Waals surface area contributed by atoms with Crippen LogP contribution < -0.4 is 10.1 Å². The van der Waals surface area contributed by atoms with Gasteiger partial charge in [0.25, 0.3) is 0 Å². The number of rotatable bonds is 5. The fraction of sp³-hybridized carbons (Fsp3) is 0.238. The molecule has 0 spiro atoms. The average molecular weight is 366 g/mol. The van der Waals surface area contributed by atoms with E-state index >= 15 is 0 Å². The number of hydrogen-bond donors (Lipinski definition) is 1. The van der Waals surface area contributed by atoms with E-state index in [0.29, 0.717) is 6.42 Å². The maximum Gasteiger partial charge on any atom is 0.224 e. The zero-order chi connectivity index (χ0) is 18.5. The van der Waals surface area contributed by atoms with Crippen molar-refractivity contribution < 1.29 is 4.79 Å². The molecule has 3 aromatic rings. The van der Waals surface area contributed by atoms with Crippen molar-refractivity contribution in [3.8, 4) is 0 Å². The number of thiazole rings is 1. The van der Waals surface area contributed by atoms with Crippen LogP contribution in [0, 0.1) is 6.92 Å². The van der Waals surface area contributed by atoms with Crippen LogP contribution in [0.25, 0.3) is 0 Å². The normalized spacial score (nSPS) is 12.8. The van der Waals surface area contributed by atoms with Crippen LogP contribution in [0.1, 0.15) is 29.8 Å². The lowest BCUT2D eigenvalue weighted by Gasteiger charge is -2.14. The molecule has 0 aliphatic rings. The summed E-state index contributed by atoms with van der Waals surface area (Å²) in [6, 6.07) is 17.8. The van der Waals surface area contributed by atoms with Gasteiger partial charge >= 0.3 is 0 Å². The van der Waals surface area contributed by atoms with Crippen LogP contribution in [-0.2, 0) is 18.3 Å². The van der Waals surface area contributed by atoms with E-state index in [1.807, 2.05) is 68.6 Å². The first-order chi connectivity index (χ1) is 12.5. The van der Waals surface area contributed by atoms with Crippen LogP contribution in [0.2, 0.25) is 0 Å². The fourth-order valence-electron chi connectivity index (χ4n) is 2.71. The smallest absolute Gasteiger partial charge is 0.224 e. The summed E-state index contributed by atoms with van der Waals surface area (Å²) in [4.78, 5) is 18.2. The maximum atomic E-state index is 12.5. The molecule has 0 aliphatic carbocycles. The summed E-state index contributed by atoms with van der Waals surface area (Å²) in [7, 11) is 2.00. The zero-order valence-corrected chi connectivity index (χ0v) is 16.1. The van der Waals surface area contributed by atoms with Crippen LogP contribution in [0.3, 0.4) is 0 Å². The van der Waals surface area contributed by atoms with E-state index in [-0.39, 0.29) is 11.9 Å². The Bertz CT molecular complexity index is 957. The third-order valence-corrected chi connectivity index (χ3v) is 5.42. The minimum absolute atomic E-state index is 0.00395. The molecular weight excluding hydrogens is 342 g/mol. The second-order valence-corrected chi connectivity index (χ2v) is 7.17. The molecule has 4 nitrogen and oxygen atoms in total. The van der Waals surface area contributed by atoms with Crippen molar-refractivity contribution in [2.24, 2.45) is 12.0 Å². The van der Waals surface area contributed by atoms with Gasteiger partial charge in [-0.15, -0.1) is 11.3 Å². The molecule has 0 aliphatic heterocycles. The van der Waals surface area contributed by atoms with Crippen LogP contribution in [-0.4, -0.2) is 10.5 Å². The Kier molecular flexibility index (Phi) is 5.68. The number of carbonyl (C=O) groups is 1. The molecule has 1 heterocycles. The molecule has 1 atom stereocenters. The number of aromatic nitrogens is 1. The fourth-order valence-corrected chi connectivity index (χ4v) is 3.60. The van der Waals surface area contributed by atoms with Crippen LogP contribution in [0.5, 0.6) is 0 Å². The van der Waals surface area contributed by atoms with Gasteiger partial charge in [-0.25, -0.2) is 4.99 Å². The van der Waals surface area contributed by atoms with Crippen molar-refractivity contribution in [3.63, 3.8) is 0 Å². The second-order valence-electron chi connectivity index (χ2n) is 6.34. The highest BCUT2D eigenvalue weighted by atomic mass is 32.1. The summed E-state index contributed by atoms with van der Waals surface area (Å²) < 4.78 is 2.05. The number of amides is 1. The summed E-state index contributed by atoms with van der Waals surface area (Å²) in [6.45, 7) is 4.05. The minimum atomic E-state index is -0.0226. The highest BCUT2D eigenvalue weighted by Gasteiger charge is 2.12. The lowest BCUT2D eigenvalue weighted by atomic mass is 10.1. The number of aryl methyl sites for hydroxylation is 1. The number of hydrogen-bond acceptors (Lipinski definition) is 3. The third kappa shape index (κ3) is 4.29. The van der Waals surface area contributed by atoms with Crippen LogP contribution in [0.15, 0.2) is 65.0 Å². The lowest BCUT2D eigenvalue weighted by molar-refractivity contribution is -0.121. The van der Waals surface area contributed by atoms with Crippen molar-refractivity contribution in [1.29, 1.82) is 0 Å². The molecule has 0 radical (unpaired) electrons. The molecular formula is C21H23N3OS. The van der Waals surface area contributed by atoms with Gasteiger partial charge in [-0.1, -0.05) is 48.5 Å². The monoisotopic (exact) mass is 365 g/mol. The predicted octanol–water partition coefficient (Wildman–Crippen LogP) is 4.05. The Balaban J connectivity index is 1.77. The minimum Gasteiger partial charge on any atom is -0.349 e. The van der Waals surface area contributed by atoms with Gasteiger partial charge in [-0.2, -0.15) is 0 Å². The molecule has 3 rings (SSSR count). The predicted molar refractivity (Wildman–Crippen MR) is 106 cm³/mol. The maximum absolute atomic E-state index is 12.5. The van der Waals surface area contributed by atoms with Crippen molar-refractivity contribution in [2.75, 3.05) is 0 Å². The van der Waals surface area contributed by atoms with E-state index in [4.69, 9.17) is 4.99 Å². The van der Waals surface area contributed by atoms with Crippen molar-refractivity contribution >= 4 is 22.9 Å². The van der Waals surface area contributed by atoms with Gasteiger partial charge < -0.3 is 9.88 Å². The molecule has 26 heavy (non-hydrogen) atoms. The van der Waals surface area contributed by atoms with E-state index in [1.165, 1.54) is 5.69 Å². The molecule has 0 saturated heterocycles. The van der Waals surface area contributed by atoms with Crippen LogP contribution >= 0.6 is 11.3 Å². The third-order valence-electron chi connectivity index (χ3n) is 4.39. The molecule has 0 fully saturated rings. The van der Waals surface area contributed by atoms with Crippen molar-refractivity contribution in [2.45, 2.75) is 26.3 Å². The number of nitrogens with zero attached hydrogens (tertiary/aromatic N) is 2. The quantitative estimate of drug-likeness (QED) is 0.728. The Morgan fingerprint density at radius 3 is 2.54 bits per heavy atom. The average Bonchev–Trinajstić information content (AvgIpc) is 2.96. The summed E-state index contributed by atoms with van der Waals surface area (Å²) in [5.41, 5.74) is 4.03. The van der Waals surface area contributed by atoms with Gasteiger partial charge in [0, 0.05) is 18.1 Å². The summed E-state index contributed by atoms with van der Waals surface area (Å²) in [6.07, 6.45) is 0.310. The second kappa shape index (κ2) is 8.15. The highest BCUT2D eigenvalue weighted by Crippen LogP contribution is 2.20. The molecule has 1 N–H and O–H groups in total. The first kappa shape index (κ1) is 18.1. The van der Waals surface area contributed by atoms with Gasteiger partial charge in [-0.05, 0) is 31.0 Å².